The lowest BCUT2D eigenvalue weighted by molar-refractivity contribution is -0.150. The Morgan fingerprint density at radius 2 is 2.13 bits per heavy atom. The van der Waals surface area contributed by atoms with Gasteiger partial charge in [-0.15, -0.1) is 0 Å². The molecule has 4 unspecified atom stereocenters. The maximum Gasteiger partial charge on any atom is 0.310 e. The average molecular weight is 425 g/mol. The van der Waals surface area contributed by atoms with Crippen LogP contribution in [-0.4, -0.2) is 36.6 Å². The summed E-state index contributed by atoms with van der Waals surface area (Å²) < 4.78 is 20.4. The number of methoxy groups -OCH3 is 1. The van der Waals surface area contributed by atoms with Crippen LogP contribution in [0.3, 0.4) is 0 Å². The van der Waals surface area contributed by atoms with Crippen molar-refractivity contribution in [3.8, 4) is 0 Å². The minimum atomic E-state index is -0.240. The van der Waals surface area contributed by atoms with E-state index in [-0.39, 0.29) is 29.7 Å². The lowest BCUT2D eigenvalue weighted by Gasteiger charge is -2.43. The molecule has 124 valence electrons. The van der Waals surface area contributed by atoms with Crippen molar-refractivity contribution in [3.63, 3.8) is 0 Å². The first kappa shape index (κ1) is 16.9. The molecule has 1 aromatic rings. The number of hydrogen-bond donors (Lipinski definition) is 0. The molecule has 0 amide bonds. The number of halogens is 2. The Kier molecular flexibility index (Phi) is 5.36. The van der Waals surface area contributed by atoms with Gasteiger partial charge >= 0.3 is 5.97 Å². The van der Waals surface area contributed by atoms with Crippen molar-refractivity contribution < 1.29 is 13.9 Å². The van der Waals surface area contributed by atoms with Gasteiger partial charge in [0.15, 0.2) is 0 Å². The van der Waals surface area contributed by atoms with Crippen LogP contribution in [0.2, 0.25) is 0 Å². The fraction of sp³-hybridized carbons (Fsp3) is 0.500. The molecular formula is C18H21FINO2. The van der Waals surface area contributed by atoms with Gasteiger partial charge in [-0.05, 0) is 41.0 Å². The van der Waals surface area contributed by atoms with Crippen LogP contribution in [0, 0.1) is 11.7 Å². The van der Waals surface area contributed by atoms with Crippen molar-refractivity contribution in [3.05, 3.63) is 45.8 Å². The first-order chi connectivity index (χ1) is 11.2. The zero-order valence-electron chi connectivity index (χ0n) is 13.1. The van der Waals surface area contributed by atoms with Gasteiger partial charge in [-0.2, -0.15) is 0 Å². The van der Waals surface area contributed by atoms with E-state index in [1.807, 2.05) is 16.2 Å². The summed E-state index contributed by atoms with van der Waals surface area (Å²) in [6.07, 6.45) is 5.21. The second-order valence-electron chi connectivity index (χ2n) is 6.30. The van der Waals surface area contributed by atoms with Gasteiger partial charge < -0.3 is 4.74 Å². The molecule has 0 aromatic heterocycles. The summed E-state index contributed by atoms with van der Waals surface area (Å²) in [5.41, 5.74) is 1.04. The van der Waals surface area contributed by atoms with Crippen molar-refractivity contribution in [2.45, 2.75) is 37.3 Å². The molecule has 2 aliphatic rings. The maximum absolute atomic E-state index is 13.2. The second kappa shape index (κ2) is 7.30. The fourth-order valence-corrected chi connectivity index (χ4v) is 4.50. The molecule has 0 aliphatic carbocycles. The summed E-state index contributed by atoms with van der Waals surface area (Å²) >= 11 is 2.23. The Balaban J connectivity index is 1.91. The van der Waals surface area contributed by atoms with Crippen LogP contribution in [0.15, 0.2) is 34.4 Å². The molecule has 0 saturated carbocycles. The van der Waals surface area contributed by atoms with Crippen LogP contribution in [0.25, 0.3) is 0 Å². The highest BCUT2D eigenvalue weighted by molar-refractivity contribution is 14.1. The van der Waals surface area contributed by atoms with E-state index in [0.717, 1.165) is 31.4 Å². The quantitative estimate of drug-likeness (QED) is 0.542. The highest BCUT2D eigenvalue weighted by Gasteiger charge is 2.50. The molecule has 2 bridgehead atoms. The van der Waals surface area contributed by atoms with Crippen LogP contribution in [-0.2, 0) is 9.53 Å². The molecule has 2 heterocycles. The van der Waals surface area contributed by atoms with E-state index in [0.29, 0.717) is 6.04 Å². The van der Waals surface area contributed by atoms with E-state index < -0.39 is 0 Å². The summed E-state index contributed by atoms with van der Waals surface area (Å²) in [6.45, 7) is 0.877. The standard InChI is InChI=1S/C18H21FINO2/c1-23-18(22)17-15(12-3-5-13(19)6-4-12)11-14-7-8-16(17)21(14)10-2-9-20/h2-6,9,14-17H,7-8,10-11H2,1H3/b9-2+/i20-4. The molecule has 4 atom stereocenters. The van der Waals surface area contributed by atoms with E-state index in [1.54, 1.807) is 0 Å². The number of esters is 1. The van der Waals surface area contributed by atoms with Gasteiger partial charge in [-0.25, -0.2) is 4.39 Å². The number of rotatable bonds is 4. The molecule has 2 aliphatic heterocycles. The molecule has 0 spiro atoms. The van der Waals surface area contributed by atoms with Crippen LogP contribution < -0.4 is 0 Å². The number of piperidine rings is 1. The van der Waals surface area contributed by atoms with E-state index in [2.05, 4.69) is 33.6 Å². The topological polar surface area (TPSA) is 29.5 Å². The summed E-state index contributed by atoms with van der Waals surface area (Å²) in [7, 11) is 1.46. The van der Waals surface area contributed by atoms with Gasteiger partial charge in [0.05, 0.1) is 13.0 Å². The Labute approximate surface area is 150 Å². The van der Waals surface area contributed by atoms with Crippen molar-refractivity contribution in [2.24, 2.45) is 5.92 Å². The predicted octanol–water partition coefficient (Wildman–Crippen LogP) is 3.88. The molecule has 1 aromatic carbocycles. The largest absolute Gasteiger partial charge is 0.469 e. The van der Waals surface area contributed by atoms with Gasteiger partial charge in [0.1, 0.15) is 5.82 Å². The van der Waals surface area contributed by atoms with Gasteiger partial charge in [0.2, 0.25) is 0 Å². The lowest BCUT2D eigenvalue weighted by Crippen LogP contribution is -2.50. The zero-order valence-corrected chi connectivity index (χ0v) is 15.3. The first-order valence-corrected chi connectivity index (χ1v) is 9.24. The van der Waals surface area contributed by atoms with Crippen molar-refractivity contribution >= 4 is 28.6 Å². The lowest BCUT2D eigenvalue weighted by atomic mass is 9.76. The number of ether oxygens (including phenoxy) is 1. The highest BCUT2D eigenvalue weighted by Crippen LogP contribution is 2.47. The molecule has 0 N–H and O–H groups in total. The first-order valence-electron chi connectivity index (χ1n) is 8.00. The van der Waals surface area contributed by atoms with Gasteiger partial charge in [-0.1, -0.05) is 40.8 Å². The van der Waals surface area contributed by atoms with Gasteiger partial charge in [-0.3, -0.25) is 9.69 Å². The molecular weight excluding hydrogens is 404 g/mol. The summed E-state index contributed by atoms with van der Waals surface area (Å²) in [4.78, 5) is 14.9. The summed E-state index contributed by atoms with van der Waals surface area (Å²) in [5, 5.41) is 0. The maximum atomic E-state index is 13.2. The molecule has 2 fully saturated rings. The summed E-state index contributed by atoms with van der Waals surface area (Å²) in [5.74, 6) is -0.448. The third kappa shape index (κ3) is 3.31. The van der Waals surface area contributed by atoms with E-state index in [1.165, 1.54) is 19.2 Å². The smallest absolute Gasteiger partial charge is 0.310 e. The van der Waals surface area contributed by atoms with Crippen LogP contribution in [0.4, 0.5) is 4.39 Å². The monoisotopic (exact) mass is 425 g/mol. The van der Waals surface area contributed by atoms with Crippen molar-refractivity contribution in [2.75, 3.05) is 13.7 Å². The SMILES string of the molecule is COC(=O)C1C(c2ccc(F)cc2)CC2CCC1N2C/C=C/[123I]. The third-order valence-corrected chi connectivity index (χ3v) is 5.75. The van der Waals surface area contributed by atoms with Gasteiger partial charge in [0, 0.05) is 24.5 Å². The van der Waals surface area contributed by atoms with Crippen molar-refractivity contribution in [1.29, 1.82) is 0 Å². The molecule has 3 rings (SSSR count). The number of fused-ring (bicyclic) bond motifs is 2. The minimum absolute atomic E-state index is 0.111. The fourth-order valence-electron chi connectivity index (χ4n) is 4.27. The molecule has 23 heavy (non-hydrogen) atoms. The Hall–Kier alpha value is -0.950. The highest BCUT2D eigenvalue weighted by atomic mass is 123. The number of carbonyl (C=O) groups is 1. The normalized spacial score (nSPS) is 30.7. The summed E-state index contributed by atoms with van der Waals surface area (Å²) in [6, 6.07) is 7.30. The number of carbonyl (C=O) groups excluding carboxylic acids is 1. The van der Waals surface area contributed by atoms with E-state index >= 15 is 0 Å². The number of nitrogens with zero attached hydrogens (tertiary/aromatic N) is 1. The Morgan fingerprint density at radius 3 is 2.78 bits per heavy atom. The van der Waals surface area contributed by atoms with Crippen LogP contribution in [0.5, 0.6) is 0 Å². The number of benzene rings is 1. The van der Waals surface area contributed by atoms with Gasteiger partial charge in [0.25, 0.3) is 0 Å². The molecule has 0 radical (unpaired) electrons. The molecule has 5 heteroatoms. The second-order valence-corrected chi connectivity index (χ2v) is 7.02. The molecule has 2 saturated heterocycles. The average Bonchev–Trinajstić information content (AvgIpc) is 2.84. The number of hydrogen-bond acceptors (Lipinski definition) is 3. The van der Waals surface area contributed by atoms with E-state index in [4.69, 9.17) is 4.74 Å². The predicted molar refractivity (Wildman–Crippen MR) is 95.9 cm³/mol. The Morgan fingerprint density at radius 1 is 1.39 bits per heavy atom. The third-order valence-electron chi connectivity index (χ3n) is 5.24. The van der Waals surface area contributed by atoms with Crippen LogP contribution in [0.1, 0.15) is 30.7 Å². The zero-order chi connectivity index (χ0) is 16.4. The Bertz CT molecular complexity index is 589. The van der Waals surface area contributed by atoms with Crippen molar-refractivity contribution in [1.82, 2.24) is 4.90 Å². The van der Waals surface area contributed by atoms with Crippen LogP contribution >= 0.6 is 22.6 Å². The molecule has 3 nitrogen and oxygen atoms in total. The minimum Gasteiger partial charge on any atom is -0.469 e. The van der Waals surface area contributed by atoms with E-state index in [9.17, 15) is 9.18 Å².